The molecule has 7 heteroatoms. The van der Waals surface area contributed by atoms with E-state index in [1.807, 2.05) is 20.8 Å². The van der Waals surface area contributed by atoms with Crippen LogP contribution in [-0.4, -0.2) is 48.4 Å². The number of rotatable bonds is 19. The zero-order valence-electron chi connectivity index (χ0n) is 20.1. The van der Waals surface area contributed by atoms with Crippen LogP contribution >= 0.6 is 0 Å². The Kier molecular flexibility index (Phi) is 17.0. The lowest BCUT2D eigenvalue weighted by Crippen LogP contribution is -2.52. The molecule has 0 fully saturated rings. The van der Waals surface area contributed by atoms with E-state index in [1.54, 1.807) is 0 Å². The summed E-state index contributed by atoms with van der Waals surface area (Å²) in [7, 11) is 0. The van der Waals surface area contributed by atoms with Crippen molar-refractivity contribution in [3.8, 4) is 0 Å². The third-order valence-corrected chi connectivity index (χ3v) is 5.21. The van der Waals surface area contributed by atoms with Crippen molar-refractivity contribution in [2.24, 2.45) is 5.92 Å². The second-order valence-electron chi connectivity index (χ2n) is 8.09. The Morgan fingerprint density at radius 1 is 0.710 bits per heavy atom. The summed E-state index contributed by atoms with van der Waals surface area (Å²) < 4.78 is 15.8. The van der Waals surface area contributed by atoms with E-state index in [4.69, 9.17) is 14.2 Å². The van der Waals surface area contributed by atoms with E-state index in [-0.39, 0.29) is 26.2 Å². The minimum absolute atomic E-state index is 0.121. The third kappa shape index (κ3) is 12.1. The molecular formula is C24H44O7. The van der Waals surface area contributed by atoms with E-state index in [0.29, 0.717) is 25.7 Å². The Labute approximate surface area is 188 Å². The molecule has 2 unspecified atom stereocenters. The molecule has 0 aliphatic rings. The molecule has 0 aromatic heterocycles. The van der Waals surface area contributed by atoms with Gasteiger partial charge in [0.1, 0.15) is 0 Å². The van der Waals surface area contributed by atoms with E-state index in [2.05, 4.69) is 6.92 Å². The van der Waals surface area contributed by atoms with Gasteiger partial charge in [0.15, 0.2) is 5.60 Å². The number of aliphatic hydroxyl groups is 1. The van der Waals surface area contributed by atoms with Crippen molar-refractivity contribution in [3.63, 3.8) is 0 Å². The van der Waals surface area contributed by atoms with E-state index >= 15 is 0 Å². The molecule has 7 nitrogen and oxygen atoms in total. The van der Waals surface area contributed by atoms with Gasteiger partial charge in [-0.15, -0.1) is 0 Å². The number of hydrogen-bond donors (Lipinski definition) is 1. The maximum absolute atomic E-state index is 12.9. The van der Waals surface area contributed by atoms with Gasteiger partial charge in [-0.2, -0.15) is 0 Å². The summed E-state index contributed by atoms with van der Waals surface area (Å²) in [5, 5.41) is 11.4. The van der Waals surface area contributed by atoms with Crippen LogP contribution in [0.3, 0.4) is 0 Å². The highest BCUT2D eigenvalue weighted by Crippen LogP contribution is 2.31. The first-order valence-electron chi connectivity index (χ1n) is 12.1. The van der Waals surface area contributed by atoms with Gasteiger partial charge in [0, 0.05) is 0 Å². The van der Waals surface area contributed by atoms with Crippen molar-refractivity contribution < 1.29 is 33.7 Å². The molecule has 182 valence electrons. The summed E-state index contributed by atoms with van der Waals surface area (Å²) in [6, 6.07) is 0. The molecule has 0 saturated heterocycles. The van der Waals surface area contributed by atoms with Crippen molar-refractivity contribution in [2.45, 2.75) is 110 Å². The monoisotopic (exact) mass is 444 g/mol. The quantitative estimate of drug-likeness (QED) is 0.175. The molecule has 0 amide bonds. The molecule has 31 heavy (non-hydrogen) atoms. The largest absolute Gasteiger partial charge is 0.466 e. The zero-order chi connectivity index (χ0) is 23.5. The van der Waals surface area contributed by atoms with Crippen molar-refractivity contribution in [2.75, 3.05) is 19.8 Å². The Morgan fingerprint density at radius 2 is 1.23 bits per heavy atom. The smallest absolute Gasteiger partial charge is 0.339 e. The van der Waals surface area contributed by atoms with E-state index in [0.717, 1.165) is 38.5 Å². The Balaban J connectivity index is 5.59. The van der Waals surface area contributed by atoms with Crippen LogP contribution in [0, 0.1) is 5.92 Å². The SMILES string of the molecule is CCCCCCC(C(=O)OCCCC)C(O)(CC(=O)OCCCC)C(=O)OCCCC. The van der Waals surface area contributed by atoms with E-state index in [9.17, 15) is 19.5 Å². The van der Waals surface area contributed by atoms with Crippen LogP contribution in [0.25, 0.3) is 0 Å². The van der Waals surface area contributed by atoms with Crippen molar-refractivity contribution in [1.29, 1.82) is 0 Å². The first-order valence-corrected chi connectivity index (χ1v) is 12.1. The average Bonchev–Trinajstić information content (AvgIpc) is 2.73. The predicted molar refractivity (Wildman–Crippen MR) is 119 cm³/mol. The second kappa shape index (κ2) is 18.0. The normalized spacial score (nSPS) is 13.8. The average molecular weight is 445 g/mol. The predicted octanol–water partition coefficient (Wildman–Crippen LogP) is 4.72. The first-order chi connectivity index (χ1) is 14.9. The summed E-state index contributed by atoms with van der Waals surface area (Å²) in [6.45, 7) is 8.51. The minimum atomic E-state index is -2.30. The van der Waals surface area contributed by atoms with Gasteiger partial charge in [-0.25, -0.2) is 4.79 Å². The molecule has 0 rings (SSSR count). The molecule has 0 aromatic carbocycles. The molecule has 0 saturated carbocycles. The topological polar surface area (TPSA) is 99.1 Å². The van der Waals surface area contributed by atoms with E-state index in [1.165, 1.54) is 0 Å². The highest BCUT2D eigenvalue weighted by atomic mass is 16.6. The van der Waals surface area contributed by atoms with Gasteiger partial charge in [0.05, 0.1) is 32.2 Å². The fraction of sp³-hybridized carbons (Fsp3) is 0.875. The van der Waals surface area contributed by atoms with Crippen LogP contribution < -0.4 is 0 Å². The highest BCUT2D eigenvalue weighted by Gasteiger charge is 2.51. The highest BCUT2D eigenvalue weighted by molar-refractivity contribution is 5.91. The number of carbonyl (C=O) groups excluding carboxylic acids is 3. The number of ether oxygens (including phenoxy) is 3. The van der Waals surface area contributed by atoms with E-state index < -0.39 is 35.8 Å². The van der Waals surface area contributed by atoms with Gasteiger partial charge in [0.25, 0.3) is 0 Å². The number of carbonyl (C=O) groups is 3. The summed E-state index contributed by atoms with van der Waals surface area (Å²) in [5.41, 5.74) is -2.30. The Bertz CT molecular complexity index is 506. The summed E-state index contributed by atoms with van der Waals surface area (Å²) in [5.74, 6) is -3.51. The lowest BCUT2D eigenvalue weighted by Gasteiger charge is -2.32. The van der Waals surface area contributed by atoms with Crippen LogP contribution in [0.4, 0.5) is 0 Å². The summed E-state index contributed by atoms with van der Waals surface area (Å²) >= 11 is 0. The first kappa shape index (κ1) is 29.4. The molecule has 1 N–H and O–H groups in total. The van der Waals surface area contributed by atoms with Gasteiger partial charge in [0.2, 0.25) is 0 Å². The fourth-order valence-electron chi connectivity index (χ4n) is 3.12. The molecule has 0 aliphatic heterocycles. The lowest BCUT2D eigenvalue weighted by atomic mass is 9.80. The van der Waals surface area contributed by atoms with Gasteiger partial charge < -0.3 is 19.3 Å². The molecule has 0 spiro atoms. The molecule has 0 radical (unpaired) electrons. The van der Waals surface area contributed by atoms with Gasteiger partial charge >= 0.3 is 17.9 Å². The Morgan fingerprint density at radius 3 is 1.77 bits per heavy atom. The van der Waals surface area contributed by atoms with Crippen LogP contribution in [0.1, 0.15) is 105 Å². The summed E-state index contributed by atoms with van der Waals surface area (Å²) in [6.07, 6.45) is 7.62. The second-order valence-corrected chi connectivity index (χ2v) is 8.09. The van der Waals surface area contributed by atoms with Crippen LogP contribution in [-0.2, 0) is 28.6 Å². The zero-order valence-corrected chi connectivity index (χ0v) is 20.1. The maximum atomic E-state index is 12.9. The fourth-order valence-corrected chi connectivity index (χ4v) is 3.12. The lowest BCUT2D eigenvalue weighted by molar-refractivity contribution is -0.187. The van der Waals surface area contributed by atoms with Gasteiger partial charge in [-0.1, -0.05) is 72.6 Å². The number of unbranched alkanes of at least 4 members (excludes halogenated alkanes) is 6. The van der Waals surface area contributed by atoms with Gasteiger partial charge in [-0.3, -0.25) is 9.59 Å². The summed E-state index contributed by atoms with van der Waals surface area (Å²) in [4.78, 5) is 38.1. The molecule has 0 aromatic rings. The standard InChI is InChI=1S/C24H44O7/c1-5-9-13-14-15-20(22(26)30-17-11-7-3)24(28,23(27)31-18-12-8-4)19-21(25)29-16-10-6-2/h20,28H,5-19H2,1-4H3. The van der Waals surface area contributed by atoms with Crippen LogP contribution in [0.2, 0.25) is 0 Å². The molecule has 0 aliphatic carbocycles. The number of esters is 3. The van der Waals surface area contributed by atoms with Gasteiger partial charge in [-0.05, 0) is 25.7 Å². The third-order valence-electron chi connectivity index (χ3n) is 5.21. The Hall–Kier alpha value is -1.63. The molecule has 0 bridgehead atoms. The van der Waals surface area contributed by atoms with Crippen molar-refractivity contribution in [1.82, 2.24) is 0 Å². The van der Waals surface area contributed by atoms with Crippen LogP contribution in [0.5, 0.6) is 0 Å². The maximum Gasteiger partial charge on any atom is 0.339 e. The molecule has 2 atom stereocenters. The number of hydrogen-bond acceptors (Lipinski definition) is 7. The van der Waals surface area contributed by atoms with Crippen molar-refractivity contribution >= 4 is 17.9 Å². The van der Waals surface area contributed by atoms with Crippen molar-refractivity contribution in [3.05, 3.63) is 0 Å². The minimum Gasteiger partial charge on any atom is -0.466 e. The molecule has 0 heterocycles. The van der Waals surface area contributed by atoms with Crippen LogP contribution in [0.15, 0.2) is 0 Å². The molecular weight excluding hydrogens is 400 g/mol.